The van der Waals surface area contributed by atoms with Crippen LogP contribution in [0.2, 0.25) is 0 Å². The van der Waals surface area contributed by atoms with Gasteiger partial charge in [0.25, 0.3) is 0 Å². The minimum Gasteiger partial charge on any atom is -0.274 e. The number of imidazole rings is 1. The number of nitrogens with zero attached hydrogens (tertiary/aromatic N) is 4. The van der Waals surface area contributed by atoms with Gasteiger partial charge in [-0.05, 0) is 17.0 Å². The Labute approximate surface area is 148 Å². The smallest absolute Gasteiger partial charge is 0.236 e. The molecular formula is C18H15N5OS. The number of benzene rings is 1. The van der Waals surface area contributed by atoms with Gasteiger partial charge in [-0.1, -0.05) is 36.4 Å². The second kappa shape index (κ2) is 7.25. The maximum atomic E-state index is 5.66. The van der Waals surface area contributed by atoms with Crippen molar-refractivity contribution in [2.45, 2.75) is 6.61 Å². The van der Waals surface area contributed by atoms with E-state index >= 15 is 0 Å². The summed E-state index contributed by atoms with van der Waals surface area (Å²) in [6.45, 7) is 0.440. The predicted octanol–water partition coefficient (Wildman–Crippen LogP) is 3.93. The maximum Gasteiger partial charge on any atom is 0.236 e. The fourth-order valence-corrected chi connectivity index (χ4v) is 3.06. The van der Waals surface area contributed by atoms with Gasteiger partial charge in [0.2, 0.25) is 5.95 Å². The first kappa shape index (κ1) is 15.5. The van der Waals surface area contributed by atoms with E-state index in [9.17, 15) is 0 Å². The lowest BCUT2D eigenvalue weighted by Crippen LogP contribution is -2.08. The Bertz CT molecular complexity index is 924. The van der Waals surface area contributed by atoms with Crippen LogP contribution in [0.15, 0.2) is 72.8 Å². The number of hydrogen-bond acceptors (Lipinski definition) is 6. The molecule has 0 saturated heterocycles. The molecule has 1 N–H and O–H groups in total. The van der Waals surface area contributed by atoms with Gasteiger partial charge in [0.1, 0.15) is 6.33 Å². The first-order valence-electron chi connectivity index (χ1n) is 7.71. The van der Waals surface area contributed by atoms with Gasteiger partial charge < -0.3 is 0 Å². The molecule has 3 aromatic heterocycles. The summed E-state index contributed by atoms with van der Waals surface area (Å²) in [5.41, 5.74) is 4.95. The Kier molecular flexibility index (Phi) is 4.49. The Balaban J connectivity index is 1.59. The van der Waals surface area contributed by atoms with Gasteiger partial charge in [-0.2, -0.15) is 4.98 Å². The van der Waals surface area contributed by atoms with Crippen molar-refractivity contribution in [2.24, 2.45) is 0 Å². The van der Waals surface area contributed by atoms with Crippen LogP contribution in [0.5, 0.6) is 0 Å². The van der Waals surface area contributed by atoms with E-state index in [0.717, 1.165) is 16.0 Å². The van der Waals surface area contributed by atoms with Crippen LogP contribution in [0.1, 0.15) is 5.56 Å². The molecule has 1 aromatic carbocycles. The molecule has 124 valence electrons. The zero-order valence-electron chi connectivity index (χ0n) is 13.2. The molecular weight excluding hydrogens is 334 g/mol. The summed E-state index contributed by atoms with van der Waals surface area (Å²) < 4.78 is 1.75. The highest BCUT2D eigenvalue weighted by Gasteiger charge is 2.11. The quantitative estimate of drug-likeness (QED) is 0.534. The molecule has 0 spiro atoms. The summed E-state index contributed by atoms with van der Waals surface area (Å²) in [7, 11) is 0. The lowest BCUT2D eigenvalue weighted by Gasteiger charge is -2.11. The second-order valence-corrected chi connectivity index (χ2v) is 6.20. The molecule has 0 aliphatic heterocycles. The van der Waals surface area contributed by atoms with Crippen LogP contribution < -0.4 is 5.48 Å². The van der Waals surface area contributed by atoms with Crippen LogP contribution in [-0.2, 0) is 11.4 Å². The van der Waals surface area contributed by atoms with Gasteiger partial charge in [0.05, 0.1) is 12.2 Å². The van der Waals surface area contributed by atoms with E-state index in [-0.39, 0.29) is 0 Å². The summed E-state index contributed by atoms with van der Waals surface area (Å²) in [6.07, 6.45) is 6.95. The summed E-state index contributed by atoms with van der Waals surface area (Å²) in [4.78, 5) is 19.8. The van der Waals surface area contributed by atoms with E-state index in [2.05, 4.69) is 20.4 Å². The molecule has 0 saturated carbocycles. The Hall–Kier alpha value is -3.03. The van der Waals surface area contributed by atoms with Crippen LogP contribution in [0, 0.1) is 0 Å². The SMILES string of the molecule is c1ccc(CONc2nc(-n3ccnc3)ncc2-c2cccs2)cc1. The molecule has 4 rings (SSSR count). The third-order valence-electron chi connectivity index (χ3n) is 3.55. The molecule has 0 aliphatic rings. The highest BCUT2D eigenvalue weighted by atomic mass is 32.1. The van der Waals surface area contributed by atoms with Gasteiger partial charge in [0, 0.05) is 23.5 Å². The number of thiophene rings is 1. The molecule has 25 heavy (non-hydrogen) atoms. The molecule has 0 radical (unpaired) electrons. The predicted molar refractivity (Wildman–Crippen MR) is 97.3 cm³/mol. The highest BCUT2D eigenvalue weighted by Crippen LogP contribution is 2.30. The summed E-state index contributed by atoms with van der Waals surface area (Å²) >= 11 is 1.63. The molecule has 0 amide bonds. The lowest BCUT2D eigenvalue weighted by molar-refractivity contribution is 0.179. The molecule has 4 aromatic rings. The molecule has 0 bridgehead atoms. The molecule has 3 heterocycles. The van der Waals surface area contributed by atoms with Crippen LogP contribution in [0.3, 0.4) is 0 Å². The number of aromatic nitrogens is 4. The number of hydrogen-bond donors (Lipinski definition) is 1. The molecule has 0 fully saturated rings. The maximum absolute atomic E-state index is 5.66. The molecule has 0 atom stereocenters. The van der Waals surface area contributed by atoms with Crippen LogP contribution in [0.4, 0.5) is 5.82 Å². The molecule has 0 aliphatic carbocycles. The van der Waals surface area contributed by atoms with E-state index in [4.69, 9.17) is 4.84 Å². The fraction of sp³-hybridized carbons (Fsp3) is 0.0556. The van der Waals surface area contributed by atoms with Crippen molar-refractivity contribution in [1.82, 2.24) is 19.5 Å². The Morgan fingerprint density at radius 2 is 2.04 bits per heavy atom. The minimum absolute atomic E-state index is 0.440. The highest BCUT2D eigenvalue weighted by molar-refractivity contribution is 7.13. The van der Waals surface area contributed by atoms with E-state index in [1.165, 1.54) is 0 Å². The first-order valence-corrected chi connectivity index (χ1v) is 8.59. The van der Waals surface area contributed by atoms with E-state index in [0.29, 0.717) is 18.4 Å². The van der Waals surface area contributed by atoms with Gasteiger partial charge in [-0.15, -0.1) is 11.3 Å². The first-order chi connectivity index (χ1) is 12.4. The van der Waals surface area contributed by atoms with Crippen molar-refractivity contribution in [2.75, 3.05) is 5.48 Å². The lowest BCUT2D eigenvalue weighted by atomic mass is 10.2. The topological polar surface area (TPSA) is 64.9 Å². The van der Waals surface area contributed by atoms with E-state index < -0.39 is 0 Å². The van der Waals surface area contributed by atoms with Crippen LogP contribution in [0.25, 0.3) is 16.4 Å². The van der Waals surface area contributed by atoms with Crippen molar-refractivity contribution < 1.29 is 4.84 Å². The third kappa shape index (κ3) is 3.57. The van der Waals surface area contributed by atoms with E-state index in [1.54, 1.807) is 40.8 Å². The standard InChI is InChI=1S/C18H15N5OS/c1-2-5-14(6-3-1)12-24-22-17-15(16-7-4-10-25-16)11-20-18(21-17)23-9-8-19-13-23/h1-11,13H,12H2,(H,20,21,22). The van der Waals surface area contributed by atoms with Crippen LogP contribution in [-0.4, -0.2) is 19.5 Å². The molecule has 7 heteroatoms. The Morgan fingerprint density at radius 1 is 1.12 bits per heavy atom. The van der Waals surface area contributed by atoms with Crippen LogP contribution >= 0.6 is 11.3 Å². The monoisotopic (exact) mass is 349 g/mol. The summed E-state index contributed by atoms with van der Waals surface area (Å²) in [5, 5.41) is 2.02. The van der Waals surface area contributed by atoms with Gasteiger partial charge in [0.15, 0.2) is 5.82 Å². The minimum atomic E-state index is 0.440. The molecule has 0 unspecified atom stereocenters. The average molecular weight is 349 g/mol. The number of nitrogens with one attached hydrogen (secondary N) is 1. The average Bonchev–Trinajstić information content (AvgIpc) is 3.37. The van der Waals surface area contributed by atoms with Crippen molar-refractivity contribution in [3.63, 3.8) is 0 Å². The summed E-state index contributed by atoms with van der Waals surface area (Å²) in [5.74, 6) is 1.15. The zero-order valence-corrected chi connectivity index (χ0v) is 14.1. The summed E-state index contributed by atoms with van der Waals surface area (Å²) in [6, 6.07) is 14.0. The van der Waals surface area contributed by atoms with Crippen molar-refractivity contribution >= 4 is 17.2 Å². The second-order valence-electron chi connectivity index (χ2n) is 5.26. The zero-order chi connectivity index (χ0) is 16.9. The fourth-order valence-electron chi connectivity index (χ4n) is 2.33. The van der Waals surface area contributed by atoms with Gasteiger partial charge in [-0.25, -0.2) is 15.4 Å². The Morgan fingerprint density at radius 3 is 2.80 bits per heavy atom. The van der Waals surface area contributed by atoms with Crippen molar-refractivity contribution in [3.05, 3.63) is 78.3 Å². The number of anilines is 1. The number of rotatable bonds is 6. The third-order valence-corrected chi connectivity index (χ3v) is 4.45. The van der Waals surface area contributed by atoms with Gasteiger partial charge in [-0.3, -0.25) is 9.40 Å². The van der Waals surface area contributed by atoms with Crippen molar-refractivity contribution in [1.29, 1.82) is 0 Å². The van der Waals surface area contributed by atoms with Crippen molar-refractivity contribution in [3.8, 4) is 16.4 Å². The molecule has 6 nitrogen and oxygen atoms in total. The van der Waals surface area contributed by atoms with Gasteiger partial charge >= 0.3 is 0 Å². The normalized spacial score (nSPS) is 10.7. The van der Waals surface area contributed by atoms with E-state index in [1.807, 2.05) is 47.8 Å². The largest absolute Gasteiger partial charge is 0.274 e.